The number of esters is 1. The van der Waals surface area contributed by atoms with Crippen LogP contribution in [0.4, 0.5) is 0 Å². The number of benzene rings is 1. The van der Waals surface area contributed by atoms with E-state index in [1.54, 1.807) is 6.08 Å². The monoisotopic (exact) mass is 289 g/mol. The van der Waals surface area contributed by atoms with Gasteiger partial charge in [-0.3, -0.25) is 9.59 Å². The first-order valence-electron chi connectivity index (χ1n) is 7.29. The number of aryl methyl sites for hydroxylation is 1. The van der Waals surface area contributed by atoms with Crippen molar-refractivity contribution in [2.75, 3.05) is 13.2 Å². The molecule has 0 unspecified atom stereocenters. The average Bonchev–Trinajstić information content (AvgIpc) is 2.50. The van der Waals surface area contributed by atoms with Crippen LogP contribution in [0.1, 0.15) is 31.2 Å². The highest BCUT2D eigenvalue weighted by atomic mass is 16.5. The fraction of sp³-hybridized carbons (Fsp3) is 0.412. The summed E-state index contributed by atoms with van der Waals surface area (Å²) in [5.41, 5.74) is 1.24. The van der Waals surface area contributed by atoms with Gasteiger partial charge in [0.2, 0.25) is 5.91 Å². The van der Waals surface area contributed by atoms with E-state index in [2.05, 4.69) is 24.0 Å². The fourth-order valence-electron chi connectivity index (χ4n) is 1.85. The second kappa shape index (κ2) is 10.7. The molecule has 0 aromatic heterocycles. The van der Waals surface area contributed by atoms with Gasteiger partial charge < -0.3 is 10.1 Å². The summed E-state index contributed by atoms with van der Waals surface area (Å²) in [5.74, 6) is -0.300. The predicted molar refractivity (Wildman–Crippen MR) is 82.8 cm³/mol. The lowest BCUT2D eigenvalue weighted by Gasteiger charge is -2.05. The zero-order valence-corrected chi connectivity index (χ0v) is 12.3. The summed E-state index contributed by atoms with van der Waals surface area (Å²) in [6.45, 7) is 4.40. The normalized spacial score (nSPS) is 9.90. The second-order valence-electron chi connectivity index (χ2n) is 4.76. The molecule has 1 aromatic carbocycles. The summed E-state index contributed by atoms with van der Waals surface area (Å²) in [5, 5.41) is 2.67. The number of rotatable bonds is 10. The van der Waals surface area contributed by atoms with Gasteiger partial charge in [0.1, 0.15) is 0 Å². The van der Waals surface area contributed by atoms with Crippen molar-refractivity contribution < 1.29 is 14.3 Å². The molecule has 0 spiro atoms. The molecule has 0 saturated heterocycles. The molecule has 0 bridgehead atoms. The van der Waals surface area contributed by atoms with E-state index < -0.39 is 0 Å². The van der Waals surface area contributed by atoms with Crippen LogP contribution in [-0.4, -0.2) is 25.0 Å². The van der Waals surface area contributed by atoms with Gasteiger partial charge in [-0.25, -0.2) is 0 Å². The van der Waals surface area contributed by atoms with E-state index in [0.717, 1.165) is 12.8 Å². The Morgan fingerprint density at radius 2 is 1.90 bits per heavy atom. The Morgan fingerprint density at radius 3 is 2.62 bits per heavy atom. The van der Waals surface area contributed by atoms with Crippen LogP contribution in [0.2, 0.25) is 0 Å². The lowest BCUT2D eigenvalue weighted by molar-refractivity contribution is -0.143. The topological polar surface area (TPSA) is 55.4 Å². The quantitative estimate of drug-likeness (QED) is 0.409. The predicted octanol–water partition coefficient (Wildman–Crippen LogP) is 2.63. The van der Waals surface area contributed by atoms with E-state index in [9.17, 15) is 9.59 Å². The van der Waals surface area contributed by atoms with Crippen LogP contribution in [0.3, 0.4) is 0 Å². The summed E-state index contributed by atoms with van der Waals surface area (Å²) >= 11 is 0. The minimum absolute atomic E-state index is 0.0632. The van der Waals surface area contributed by atoms with E-state index in [1.165, 1.54) is 5.56 Å². The molecule has 4 nitrogen and oxygen atoms in total. The van der Waals surface area contributed by atoms with Crippen molar-refractivity contribution in [1.82, 2.24) is 5.32 Å². The number of hydrogen-bond acceptors (Lipinski definition) is 3. The Kier molecular flexibility index (Phi) is 8.61. The maximum Gasteiger partial charge on any atom is 0.305 e. The Hall–Kier alpha value is -2.10. The van der Waals surface area contributed by atoms with Gasteiger partial charge in [0.05, 0.1) is 6.61 Å². The summed E-state index contributed by atoms with van der Waals surface area (Å²) in [6, 6.07) is 10.1. The average molecular weight is 289 g/mol. The zero-order valence-electron chi connectivity index (χ0n) is 12.3. The maximum absolute atomic E-state index is 11.5. The van der Waals surface area contributed by atoms with Crippen LogP contribution in [0, 0.1) is 0 Å². The van der Waals surface area contributed by atoms with Gasteiger partial charge in [-0.15, -0.1) is 6.58 Å². The Labute approximate surface area is 126 Å². The molecule has 4 heteroatoms. The maximum atomic E-state index is 11.5. The molecule has 1 rings (SSSR count). The van der Waals surface area contributed by atoms with Gasteiger partial charge in [-0.05, 0) is 24.8 Å². The summed E-state index contributed by atoms with van der Waals surface area (Å²) in [7, 11) is 0. The molecule has 0 radical (unpaired) electrons. The van der Waals surface area contributed by atoms with E-state index in [4.69, 9.17) is 4.74 Å². The molecular formula is C17H23NO3. The lowest BCUT2D eigenvalue weighted by atomic mass is 10.1. The van der Waals surface area contributed by atoms with Crippen LogP contribution in [0.15, 0.2) is 43.0 Å². The number of hydrogen-bond donors (Lipinski definition) is 1. The van der Waals surface area contributed by atoms with E-state index in [-0.39, 0.29) is 18.3 Å². The number of ether oxygens (including phenoxy) is 1. The Balaban J connectivity index is 2.01. The molecule has 0 aliphatic carbocycles. The third kappa shape index (κ3) is 8.63. The first kappa shape index (κ1) is 17.0. The van der Waals surface area contributed by atoms with Crippen LogP contribution < -0.4 is 5.32 Å². The molecule has 21 heavy (non-hydrogen) atoms. The van der Waals surface area contributed by atoms with Crippen molar-refractivity contribution in [2.45, 2.75) is 32.1 Å². The van der Waals surface area contributed by atoms with Crippen LogP contribution in [0.5, 0.6) is 0 Å². The SMILES string of the molecule is C=CCNC(=O)CCCC(=O)OCCCc1ccccc1. The van der Waals surface area contributed by atoms with Gasteiger partial charge in [-0.1, -0.05) is 36.4 Å². The van der Waals surface area contributed by atoms with E-state index in [1.807, 2.05) is 18.2 Å². The minimum Gasteiger partial charge on any atom is -0.466 e. The number of amides is 1. The number of carbonyl (C=O) groups is 2. The Bertz CT molecular complexity index is 443. The molecule has 0 aliphatic heterocycles. The highest BCUT2D eigenvalue weighted by Gasteiger charge is 2.05. The smallest absolute Gasteiger partial charge is 0.305 e. The minimum atomic E-state index is -0.236. The van der Waals surface area contributed by atoms with Gasteiger partial charge in [0.25, 0.3) is 0 Å². The van der Waals surface area contributed by atoms with E-state index >= 15 is 0 Å². The molecule has 1 aromatic rings. The molecule has 0 aliphatic rings. The zero-order chi connectivity index (χ0) is 15.3. The molecule has 114 valence electrons. The summed E-state index contributed by atoms with van der Waals surface area (Å²) < 4.78 is 5.14. The lowest BCUT2D eigenvalue weighted by Crippen LogP contribution is -2.23. The van der Waals surface area contributed by atoms with Crippen molar-refractivity contribution in [1.29, 1.82) is 0 Å². The first-order chi connectivity index (χ1) is 10.2. The highest BCUT2D eigenvalue weighted by Crippen LogP contribution is 2.03. The van der Waals surface area contributed by atoms with E-state index in [0.29, 0.717) is 26.0 Å². The third-order valence-corrected chi connectivity index (χ3v) is 2.94. The molecule has 0 saturated carbocycles. The number of nitrogens with one attached hydrogen (secondary N) is 1. The van der Waals surface area contributed by atoms with Crippen molar-refractivity contribution >= 4 is 11.9 Å². The third-order valence-electron chi connectivity index (χ3n) is 2.94. The fourth-order valence-corrected chi connectivity index (χ4v) is 1.85. The van der Waals surface area contributed by atoms with Gasteiger partial charge in [-0.2, -0.15) is 0 Å². The summed E-state index contributed by atoms with van der Waals surface area (Å²) in [6.07, 6.45) is 4.48. The molecule has 0 atom stereocenters. The first-order valence-corrected chi connectivity index (χ1v) is 7.29. The van der Waals surface area contributed by atoms with Crippen LogP contribution >= 0.6 is 0 Å². The van der Waals surface area contributed by atoms with Crippen molar-refractivity contribution in [3.05, 3.63) is 48.6 Å². The van der Waals surface area contributed by atoms with Crippen LogP contribution in [0.25, 0.3) is 0 Å². The second-order valence-corrected chi connectivity index (χ2v) is 4.76. The molecular weight excluding hydrogens is 266 g/mol. The van der Waals surface area contributed by atoms with Crippen molar-refractivity contribution in [3.8, 4) is 0 Å². The number of carbonyl (C=O) groups excluding carboxylic acids is 2. The summed E-state index contributed by atoms with van der Waals surface area (Å²) in [4.78, 5) is 22.8. The molecule has 0 heterocycles. The van der Waals surface area contributed by atoms with Gasteiger partial charge in [0.15, 0.2) is 0 Å². The van der Waals surface area contributed by atoms with Gasteiger partial charge >= 0.3 is 5.97 Å². The molecule has 1 N–H and O–H groups in total. The largest absolute Gasteiger partial charge is 0.466 e. The highest BCUT2D eigenvalue weighted by molar-refractivity contribution is 5.77. The molecule has 0 fully saturated rings. The van der Waals surface area contributed by atoms with Crippen molar-refractivity contribution in [3.63, 3.8) is 0 Å². The van der Waals surface area contributed by atoms with Gasteiger partial charge in [0, 0.05) is 19.4 Å². The van der Waals surface area contributed by atoms with Crippen LogP contribution in [-0.2, 0) is 20.7 Å². The molecule has 1 amide bonds. The Morgan fingerprint density at radius 1 is 1.14 bits per heavy atom. The standard InChI is InChI=1S/C17H23NO3/c1-2-13-18-16(19)11-6-12-17(20)21-14-7-10-15-8-4-3-5-9-15/h2-5,8-9H,1,6-7,10-14H2,(H,18,19). The van der Waals surface area contributed by atoms with Crippen molar-refractivity contribution in [2.24, 2.45) is 0 Å².